The molecule has 0 saturated carbocycles. The number of carbonyl (C=O) groups is 1. The predicted octanol–water partition coefficient (Wildman–Crippen LogP) is 5.34. The lowest BCUT2D eigenvalue weighted by molar-refractivity contribution is -0.119. The number of aliphatic imine (C=N–C) groups is 2. The summed E-state index contributed by atoms with van der Waals surface area (Å²) >= 11 is 13.9. The third-order valence-corrected chi connectivity index (χ3v) is 7.83. The molecule has 1 fully saturated rings. The fourth-order valence-corrected chi connectivity index (χ4v) is 5.46. The van der Waals surface area contributed by atoms with Crippen LogP contribution in [0.4, 0.5) is 0 Å². The van der Waals surface area contributed by atoms with Crippen LogP contribution in [0.5, 0.6) is 5.88 Å². The summed E-state index contributed by atoms with van der Waals surface area (Å²) in [5.41, 5.74) is 11.1. The predicted molar refractivity (Wildman–Crippen MR) is 172 cm³/mol. The zero-order chi connectivity index (χ0) is 31.1. The largest absolute Gasteiger partial charge is 0.480 e. The molecule has 1 saturated heterocycles. The van der Waals surface area contributed by atoms with Gasteiger partial charge in [-0.1, -0.05) is 59.6 Å². The Balaban J connectivity index is 1.64. The van der Waals surface area contributed by atoms with Crippen molar-refractivity contribution in [3.63, 3.8) is 0 Å². The average molecular weight is 625 g/mol. The molecule has 226 valence electrons. The van der Waals surface area contributed by atoms with Gasteiger partial charge in [0.1, 0.15) is 11.4 Å². The van der Waals surface area contributed by atoms with Crippen molar-refractivity contribution in [2.75, 3.05) is 27.3 Å². The second-order valence-electron chi connectivity index (χ2n) is 10.0. The van der Waals surface area contributed by atoms with Gasteiger partial charge in [0.05, 0.1) is 41.9 Å². The number of nitrogens with zero attached hydrogens (tertiary/aromatic N) is 4. The number of hydrogen-bond donors (Lipinski definition) is 3. The smallest absolute Gasteiger partial charge is 0.237 e. The van der Waals surface area contributed by atoms with Crippen LogP contribution in [0.25, 0.3) is 22.4 Å². The summed E-state index contributed by atoms with van der Waals surface area (Å²) in [6.45, 7) is 8.30. The monoisotopic (exact) mass is 623 g/mol. The summed E-state index contributed by atoms with van der Waals surface area (Å²) < 4.78 is 11.0. The maximum Gasteiger partial charge on any atom is 0.237 e. The Morgan fingerprint density at radius 2 is 1.88 bits per heavy atom. The fourth-order valence-electron chi connectivity index (χ4n) is 4.77. The van der Waals surface area contributed by atoms with E-state index in [2.05, 4.69) is 32.3 Å². The van der Waals surface area contributed by atoms with Crippen LogP contribution in [0, 0.1) is 0 Å². The van der Waals surface area contributed by atoms with Crippen LogP contribution in [-0.4, -0.2) is 61.7 Å². The number of hydrogen-bond acceptors (Lipinski definition) is 9. The average Bonchev–Trinajstić information content (AvgIpc) is 3.42. The van der Waals surface area contributed by atoms with Crippen LogP contribution in [0.2, 0.25) is 10.0 Å². The van der Waals surface area contributed by atoms with E-state index in [0.29, 0.717) is 75.2 Å². The molecule has 10 nitrogen and oxygen atoms in total. The molecule has 2 aromatic carbocycles. The van der Waals surface area contributed by atoms with Crippen molar-refractivity contribution < 1.29 is 14.3 Å². The summed E-state index contributed by atoms with van der Waals surface area (Å²) in [4.78, 5) is 29.3. The number of nitrogens with one attached hydrogen (secondary N) is 2. The number of carbonyl (C=O) groups excluding carboxylic acids is 1. The number of amides is 1. The zero-order valence-corrected chi connectivity index (χ0v) is 26.1. The molecule has 4 N–H and O–H groups in total. The minimum absolute atomic E-state index is 0.0686. The molecule has 1 aliphatic heterocycles. The number of aromatic nitrogens is 2. The molecular formula is C31H35Cl2N7O3. The van der Waals surface area contributed by atoms with E-state index in [-0.39, 0.29) is 18.0 Å². The van der Waals surface area contributed by atoms with E-state index >= 15 is 0 Å². The topological polar surface area (TPSA) is 136 Å². The normalized spacial score (nSPS) is 16.4. The third-order valence-electron chi connectivity index (χ3n) is 7.01. The summed E-state index contributed by atoms with van der Waals surface area (Å²) in [6, 6.07) is 11.0. The molecule has 2 heterocycles. The first kappa shape index (κ1) is 32.1. The Morgan fingerprint density at radius 3 is 2.51 bits per heavy atom. The van der Waals surface area contributed by atoms with Gasteiger partial charge in [0.15, 0.2) is 0 Å². The number of nitrogens with two attached hydrogens (primary N) is 1. The Kier molecular flexibility index (Phi) is 10.9. The second kappa shape index (κ2) is 14.6. The second-order valence-corrected chi connectivity index (χ2v) is 10.8. The van der Waals surface area contributed by atoms with Crippen LogP contribution in [-0.2, 0) is 9.53 Å². The molecule has 0 radical (unpaired) electrons. The standard InChI is InChI=1S/C31H35Cl2N7O3/c1-17(34)29-31(43-5)40-24(16-37-29)23-11-7-10-22(28(23)33)21-9-6-8-20(27(21)32)18(2)38-30(42-4)25(35-3)15-36-14-19-12-13-26(41)39-19/h6-11,16-17,19,36H,3,12-15,34H2,1-2,4-5H3,(H,39,41)/b30-25+,38-18+/t17-,19-/m0/s1. The molecule has 0 bridgehead atoms. The third kappa shape index (κ3) is 7.40. The first-order chi connectivity index (χ1) is 20.7. The quantitative estimate of drug-likeness (QED) is 0.183. The number of benzene rings is 2. The van der Waals surface area contributed by atoms with Gasteiger partial charge in [0.2, 0.25) is 17.7 Å². The van der Waals surface area contributed by atoms with Crippen LogP contribution >= 0.6 is 23.2 Å². The van der Waals surface area contributed by atoms with E-state index in [0.717, 1.165) is 17.5 Å². The Hall–Kier alpha value is -3.83. The molecule has 12 heteroatoms. The van der Waals surface area contributed by atoms with Gasteiger partial charge in [0, 0.05) is 53.8 Å². The van der Waals surface area contributed by atoms with E-state index in [9.17, 15) is 4.79 Å². The van der Waals surface area contributed by atoms with E-state index < -0.39 is 0 Å². The lowest BCUT2D eigenvalue weighted by atomic mass is 9.98. The van der Waals surface area contributed by atoms with Gasteiger partial charge in [-0.3, -0.25) is 14.8 Å². The number of methoxy groups -OCH3 is 2. The van der Waals surface area contributed by atoms with E-state index in [1.807, 2.05) is 50.2 Å². The van der Waals surface area contributed by atoms with E-state index in [1.165, 1.54) is 14.2 Å². The van der Waals surface area contributed by atoms with E-state index in [4.69, 9.17) is 43.4 Å². The first-order valence-electron chi connectivity index (χ1n) is 13.7. The molecule has 1 amide bonds. The van der Waals surface area contributed by atoms with Gasteiger partial charge >= 0.3 is 0 Å². The summed E-state index contributed by atoms with van der Waals surface area (Å²) in [5, 5.41) is 7.15. The fraction of sp³-hybridized carbons (Fsp3) is 0.323. The molecule has 0 unspecified atom stereocenters. The summed E-state index contributed by atoms with van der Waals surface area (Å²) in [6.07, 6.45) is 2.97. The molecule has 1 aliphatic rings. The molecule has 3 aromatic rings. The van der Waals surface area contributed by atoms with Gasteiger partial charge in [-0.25, -0.2) is 9.98 Å². The van der Waals surface area contributed by atoms with Crippen LogP contribution in [0.15, 0.2) is 64.2 Å². The SMILES string of the molecule is C=N/C(CNC[C@@H]1CCC(=O)N1)=C(\N=C(/C)c1cccc(-c2cccc(-c3cnc([C@H](C)N)c(OC)n3)c2Cl)c1Cl)OC. The van der Waals surface area contributed by atoms with Crippen molar-refractivity contribution in [1.29, 1.82) is 0 Å². The number of ether oxygens (including phenoxy) is 2. The molecular weight excluding hydrogens is 589 g/mol. The van der Waals surface area contributed by atoms with Crippen molar-refractivity contribution in [3.8, 4) is 28.3 Å². The van der Waals surface area contributed by atoms with Gasteiger partial charge in [0.25, 0.3) is 0 Å². The highest BCUT2D eigenvalue weighted by molar-refractivity contribution is 6.39. The van der Waals surface area contributed by atoms with Gasteiger partial charge < -0.3 is 25.8 Å². The van der Waals surface area contributed by atoms with Crippen molar-refractivity contribution in [2.45, 2.75) is 38.8 Å². The molecule has 0 spiro atoms. The van der Waals surface area contributed by atoms with Crippen molar-refractivity contribution in [1.82, 2.24) is 20.6 Å². The maximum atomic E-state index is 11.5. The lowest BCUT2D eigenvalue weighted by Crippen LogP contribution is -2.36. The maximum absolute atomic E-state index is 11.5. The molecule has 1 aromatic heterocycles. The molecule has 43 heavy (non-hydrogen) atoms. The molecule has 0 aliphatic carbocycles. The highest BCUT2D eigenvalue weighted by Gasteiger charge is 2.21. The van der Waals surface area contributed by atoms with Crippen LogP contribution in [0.3, 0.4) is 0 Å². The highest BCUT2D eigenvalue weighted by atomic mass is 35.5. The lowest BCUT2D eigenvalue weighted by Gasteiger charge is -2.15. The van der Waals surface area contributed by atoms with E-state index in [1.54, 1.807) is 6.20 Å². The Morgan fingerprint density at radius 1 is 1.19 bits per heavy atom. The van der Waals surface area contributed by atoms with Crippen molar-refractivity contribution >= 4 is 41.5 Å². The van der Waals surface area contributed by atoms with Gasteiger partial charge in [-0.2, -0.15) is 0 Å². The summed E-state index contributed by atoms with van der Waals surface area (Å²) in [7, 11) is 3.05. The van der Waals surface area contributed by atoms with Crippen molar-refractivity contribution in [2.24, 2.45) is 15.7 Å². The molecule has 4 rings (SSSR count). The Bertz CT molecular complexity index is 1570. The minimum atomic E-state index is -0.339. The highest BCUT2D eigenvalue weighted by Crippen LogP contribution is 2.40. The Labute approximate surface area is 261 Å². The van der Waals surface area contributed by atoms with Gasteiger partial charge in [-0.15, -0.1) is 0 Å². The molecule has 2 atom stereocenters. The van der Waals surface area contributed by atoms with Crippen LogP contribution < -0.4 is 21.1 Å². The zero-order valence-electron chi connectivity index (χ0n) is 24.6. The first-order valence-corrected chi connectivity index (χ1v) is 14.5. The van der Waals surface area contributed by atoms with Gasteiger partial charge in [-0.05, 0) is 27.0 Å². The van der Waals surface area contributed by atoms with Crippen LogP contribution in [0.1, 0.15) is 44.0 Å². The van der Waals surface area contributed by atoms with Crippen molar-refractivity contribution in [3.05, 3.63) is 75.5 Å². The number of rotatable bonds is 12. The summed E-state index contributed by atoms with van der Waals surface area (Å²) in [5.74, 6) is 0.718. The minimum Gasteiger partial charge on any atom is -0.480 e. The number of halogens is 2.